The SMILES string of the molecule is C[C@H](N)c1ccc(N2CCN(CC(F)(F)F)CC2)c(Cl)c1. The van der Waals surface area contributed by atoms with Gasteiger partial charge in [-0.1, -0.05) is 17.7 Å². The Balaban J connectivity index is 1.99. The molecule has 3 nitrogen and oxygen atoms in total. The first kappa shape index (κ1) is 16.4. The Morgan fingerprint density at radius 2 is 1.86 bits per heavy atom. The smallest absolute Gasteiger partial charge is 0.368 e. The van der Waals surface area contributed by atoms with Gasteiger partial charge in [-0.25, -0.2) is 0 Å². The highest BCUT2D eigenvalue weighted by Gasteiger charge is 2.32. The third-order valence-corrected chi connectivity index (χ3v) is 3.92. The lowest BCUT2D eigenvalue weighted by Crippen LogP contribution is -2.49. The van der Waals surface area contributed by atoms with Gasteiger partial charge in [0, 0.05) is 32.2 Å². The Kier molecular flexibility index (Phi) is 5.01. The summed E-state index contributed by atoms with van der Waals surface area (Å²) in [5.74, 6) is 0. The molecule has 1 aromatic rings. The van der Waals surface area contributed by atoms with Gasteiger partial charge in [0.1, 0.15) is 0 Å². The van der Waals surface area contributed by atoms with Crippen LogP contribution < -0.4 is 10.6 Å². The molecule has 1 aliphatic rings. The molecule has 0 spiro atoms. The van der Waals surface area contributed by atoms with Gasteiger partial charge >= 0.3 is 6.18 Å². The van der Waals surface area contributed by atoms with Crippen LogP contribution in [-0.2, 0) is 0 Å². The van der Waals surface area contributed by atoms with Gasteiger partial charge < -0.3 is 10.6 Å². The molecule has 0 amide bonds. The van der Waals surface area contributed by atoms with E-state index >= 15 is 0 Å². The number of rotatable bonds is 3. The standard InChI is InChI=1S/C14H19ClF3N3/c1-10(19)11-2-3-13(12(15)8-11)21-6-4-20(5-7-21)9-14(16,17)18/h2-3,8,10H,4-7,9,19H2,1H3/t10-/m0/s1. The molecule has 0 unspecified atom stereocenters. The van der Waals surface area contributed by atoms with Crippen molar-refractivity contribution in [3.8, 4) is 0 Å². The number of alkyl halides is 3. The van der Waals surface area contributed by atoms with Crippen LogP contribution in [0.25, 0.3) is 0 Å². The predicted molar refractivity (Wildman–Crippen MR) is 78.8 cm³/mol. The average Bonchev–Trinajstić information content (AvgIpc) is 2.38. The summed E-state index contributed by atoms with van der Waals surface area (Å²) in [7, 11) is 0. The van der Waals surface area contributed by atoms with Crippen molar-refractivity contribution in [2.24, 2.45) is 5.73 Å². The fraction of sp³-hybridized carbons (Fsp3) is 0.571. The lowest BCUT2D eigenvalue weighted by atomic mass is 10.1. The molecule has 2 rings (SSSR count). The number of piperazine rings is 1. The molecule has 0 saturated carbocycles. The van der Waals surface area contributed by atoms with Crippen LogP contribution in [0, 0.1) is 0 Å². The maximum Gasteiger partial charge on any atom is 0.401 e. The minimum atomic E-state index is -4.14. The summed E-state index contributed by atoms with van der Waals surface area (Å²) in [6, 6.07) is 5.53. The molecule has 1 saturated heterocycles. The fourth-order valence-electron chi connectivity index (χ4n) is 2.46. The van der Waals surface area contributed by atoms with Crippen LogP contribution in [-0.4, -0.2) is 43.8 Å². The molecule has 0 radical (unpaired) electrons. The van der Waals surface area contributed by atoms with E-state index in [4.69, 9.17) is 17.3 Å². The number of anilines is 1. The molecule has 7 heteroatoms. The van der Waals surface area contributed by atoms with Crippen LogP contribution in [0.1, 0.15) is 18.5 Å². The number of hydrogen-bond acceptors (Lipinski definition) is 3. The van der Waals surface area contributed by atoms with Crippen LogP contribution in [0.15, 0.2) is 18.2 Å². The molecule has 118 valence electrons. The summed E-state index contributed by atoms with van der Waals surface area (Å²) in [5, 5.41) is 0.592. The lowest BCUT2D eigenvalue weighted by molar-refractivity contribution is -0.146. The Hall–Kier alpha value is -0.980. The van der Waals surface area contributed by atoms with Crippen LogP contribution in [0.5, 0.6) is 0 Å². The van der Waals surface area contributed by atoms with Gasteiger partial charge in [0.05, 0.1) is 17.3 Å². The molecule has 21 heavy (non-hydrogen) atoms. The molecule has 1 aromatic carbocycles. The molecule has 1 aliphatic heterocycles. The summed E-state index contributed by atoms with van der Waals surface area (Å²) < 4.78 is 37.1. The Labute approximate surface area is 127 Å². The first-order valence-electron chi connectivity index (χ1n) is 6.85. The van der Waals surface area contributed by atoms with E-state index in [2.05, 4.69) is 0 Å². The summed E-state index contributed by atoms with van der Waals surface area (Å²) in [6.07, 6.45) is -4.14. The third-order valence-electron chi connectivity index (χ3n) is 3.61. The van der Waals surface area contributed by atoms with E-state index in [9.17, 15) is 13.2 Å². The van der Waals surface area contributed by atoms with Crippen molar-refractivity contribution >= 4 is 17.3 Å². The Morgan fingerprint density at radius 1 is 1.24 bits per heavy atom. The van der Waals surface area contributed by atoms with E-state index in [1.54, 1.807) is 0 Å². The first-order valence-corrected chi connectivity index (χ1v) is 7.23. The number of nitrogens with zero attached hydrogens (tertiary/aromatic N) is 2. The molecule has 1 fully saturated rings. The van der Waals surface area contributed by atoms with E-state index in [0.29, 0.717) is 31.2 Å². The zero-order valence-electron chi connectivity index (χ0n) is 11.8. The Bertz CT molecular complexity index is 483. The quantitative estimate of drug-likeness (QED) is 0.928. The van der Waals surface area contributed by atoms with Gasteiger partial charge in [-0.15, -0.1) is 0 Å². The monoisotopic (exact) mass is 321 g/mol. The normalized spacial score (nSPS) is 18.9. The third kappa shape index (κ3) is 4.49. The molecule has 0 aliphatic carbocycles. The van der Waals surface area contributed by atoms with Crippen molar-refractivity contribution in [3.63, 3.8) is 0 Å². The van der Waals surface area contributed by atoms with Gasteiger partial charge in [-0.05, 0) is 24.6 Å². The van der Waals surface area contributed by atoms with E-state index in [-0.39, 0.29) is 6.04 Å². The van der Waals surface area contributed by atoms with E-state index < -0.39 is 12.7 Å². The van der Waals surface area contributed by atoms with Gasteiger partial charge in [-0.2, -0.15) is 13.2 Å². The van der Waals surface area contributed by atoms with Crippen molar-refractivity contribution < 1.29 is 13.2 Å². The molecule has 1 heterocycles. The molecule has 0 bridgehead atoms. The van der Waals surface area contributed by atoms with Crippen LogP contribution in [0.3, 0.4) is 0 Å². The molecular formula is C14H19ClF3N3. The van der Waals surface area contributed by atoms with Crippen LogP contribution in [0.4, 0.5) is 18.9 Å². The second-order valence-corrected chi connectivity index (χ2v) is 5.79. The zero-order chi connectivity index (χ0) is 15.6. The summed E-state index contributed by atoms with van der Waals surface area (Å²) >= 11 is 6.26. The van der Waals surface area contributed by atoms with Gasteiger partial charge in [0.15, 0.2) is 0 Å². The zero-order valence-corrected chi connectivity index (χ0v) is 12.6. The molecule has 0 aromatic heterocycles. The lowest BCUT2D eigenvalue weighted by Gasteiger charge is -2.36. The molecular weight excluding hydrogens is 303 g/mol. The highest BCUT2D eigenvalue weighted by Crippen LogP contribution is 2.29. The van der Waals surface area contributed by atoms with Crippen LogP contribution in [0.2, 0.25) is 5.02 Å². The number of benzene rings is 1. The topological polar surface area (TPSA) is 32.5 Å². The van der Waals surface area contributed by atoms with E-state index in [1.807, 2.05) is 30.0 Å². The van der Waals surface area contributed by atoms with Gasteiger partial charge in [-0.3, -0.25) is 4.90 Å². The highest BCUT2D eigenvalue weighted by atomic mass is 35.5. The molecule has 2 N–H and O–H groups in total. The summed E-state index contributed by atoms with van der Waals surface area (Å²) in [6.45, 7) is 2.86. The number of halogens is 4. The van der Waals surface area contributed by atoms with Gasteiger partial charge in [0.2, 0.25) is 0 Å². The first-order chi connectivity index (χ1) is 9.76. The van der Waals surface area contributed by atoms with Crippen molar-refractivity contribution in [2.75, 3.05) is 37.6 Å². The van der Waals surface area contributed by atoms with E-state index in [0.717, 1.165) is 11.3 Å². The predicted octanol–water partition coefficient (Wildman–Crippen LogP) is 3.04. The summed E-state index contributed by atoms with van der Waals surface area (Å²) in [5.41, 5.74) is 7.60. The number of nitrogens with two attached hydrogens (primary N) is 1. The van der Waals surface area contributed by atoms with Crippen molar-refractivity contribution in [1.82, 2.24) is 4.90 Å². The minimum absolute atomic E-state index is 0.0971. The minimum Gasteiger partial charge on any atom is -0.368 e. The summed E-state index contributed by atoms with van der Waals surface area (Å²) in [4.78, 5) is 3.43. The maximum atomic E-state index is 12.4. The van der Waals surface area contributed by atoms with Crippen molar-refractivity contribution in [1.29, 1.82) is 0 Å². The highest BCUT2D eigenvalue weighted by molar-refractivity contribution is 6.33. The second kappa shape index (κ2) is 6.42. The van der Waals surface area contributed by atoms with Gasteiger partial charge in [0.25, 0.3) is 0 Å². The van der Waals surface area contributed by atoms with Crippen LogP contribution >= 0.6 is 11.6 Å². The largest absolute Gasteiger partial charge is 0.401 e. The Morgan fingerprint density at radius 3 is 2.33 bits per heavy atom. The second-order valence-electron chi connectivity index (χ2n) is 5.38. The molecule has 1 atom stereocenters. The van der Waals surface area contributed by atoms with Crippen molar-refractivity contribution in [2.45, 2.75) is 19.1 Å². The van der Waals surface area contributed by atoms with Crippen molar-refractivity contribution in [3.05, 3.63) is 28.8 Å². The maximum absolute atomic E-state index is 12.4. The van der Waals surface area contributed by atoms with E-state index in [1.165, 1.54) is 4.90 Å². The fourth-order valence-corrected chi connectivity index (χ4v) is 2.77. The number of hydrogen-bond donors (Lipinski definition) is 1. The average molecular weight is 322 g/mol.